The van der Waals surface area contributed by atoms with Crippen LogP contribution in [-0.2, 0) is 19.7 Å². The fourth-order valence-corrected chi connectivity index (χ4v) is 3.24. The predicted molar refractivity (Wildman–Crippen MR) is 111 cm³/mol. The average Bonchev–Trinajstić information content (AvgIpc) is 2.69. The van der Waals surface area contributed by atoms with Crippen LogP contribution < -0.4 is 14.8 Å². The number of ether oxygens (including phenoxy) is 2. The monoisotopic (exact) mass is 419 g/mol. The maximum atomic E-state index is 14.0. The van der Waals surface area contributed by atoms with E-state index in [4.69, 9.17) is 32.7 Å². The Morgan fingerprint density at radius 2 is 1.68 bits per heavy atom. The molecule has 0 radical (unpaired) electrons. The van der Waals surface area contributed by atoms with E-state index in [0.29, 0.717) is 34.4 Å². The Bertz CT molecular complexity index is 929. The van der Waals surface area contributed by atoms with E-state index in [9.17, 15) is 4.39 Å². The van der Waals surface area contributed by atoms with Gasteiger partial charge in [-0.2, -0.15) is 0 Å². The van der Waals surface area contributed by atoms with Gasteiger partial charge in [0.05, 0.1) is 12.1 Å². The van der Waals surface area contributed by atoms with Crippen molar-refractivity contribution in [3.63, 3.8) is 0 Å². The van der Waals surface area contributed by atoms with Crippen molar-refractivity contribution in [2.45, 2.75) is 19.7 Å². The molecule has 1 N–H and O–H groups in total. The molecule has 0 aliphatic rings. The quantitative estimate of drug-likeness (QED) is 0.484. The molecule has 28 heavy (non-hydrogen) atoms. The summed E-state index contributed by atoms with van der Waals surface area (Å²) < 4.78 is 25.2. The second-order valence-electron chi connectivity index (χ2n) is 6.16. The minimum absolute atomic E-state index is 0.0344. The fraction of sp³-hybridized carbons (Fsp3) is 0.182. The first-order valence-corrected chi connectivity index (χ1v) is 9.51. The fourth-order valence-electron chi connectivity index (χ4n) is 2.83. The van der Waals surface area contributed by atoms with Crippen LogP contribution in [0.2, 0.25) is 10.0 Å². The number of hydrogen-bond donors (Lipinski definition) is 1. The van der Waals surface area contributed by atoms with E-state index < -0.39 is 5.82 Å². The van der Waals surface area contributed by atoms with Crippen LogP contribution in [0.1, 0.15) is 16.7 Å². The Morgan fingerprint density at radius 3 is 2.46 bits per heavy atom. The molecule has 0 atom stereocenters. The molecular formula is C22H20Cl2FNO2. The maximum Gasteiger partial charge on any atom is 0.131 e. The third-order valence-corrected chi connectivity index (χ3v) is 4.87. The van der Waals surface area contributed by atoms with Crippen molar-refractivity contribution in [3.05, 3.63) is 93.2 Å². The highest BCUT2D eigenvalue weighted by molar-refractivity contribution is 6.31. The second kappa shape index (κ2) is 9.78. The predicted octanol–water partition coefficient (Wildman–Crippen LogP) is 6.01. The first-order chi connectivity index (χ1) is 13.6. The van der Waals surface area contributed by atoms with Gasteiger partial charge in [-0.25, -0.2) is 4.39 Å². The van der Waals surface area contributed by atoms with Gasteiger partial charge in [0, 0.05) is 34.8 Å². The number of para-hydroxylation sites is 1. The molecule has 3 nitrogen and oxygen atoms in total. The van der Waals surface area contributed by atoms with Gasteiger partial charge in [-0.15, -0.1) is 0 Å². The molecule has 3 aromatic rings. The van der Waals surface area contributed by atoms with Gasteiger partial charge in [0.25, 0.3) is 0 Å². The Kier molecular flexibility index (Phi) is 7.15. The van der Waals surface area contributed by atoms with Gasteiger partial charge in [0.2, 0.25) is 0 Å². The third-order valence-electron chi connectivity index (χ3n) is 4.28. The Labute approximate surface area is 174 Å². The highest BCUT2D eigenvalue weighted by atomic mass is 35.5. The number of benzene rings is 3. The molecule has 0 fully saturated rings. The van der Waals surface area contributed by atoms with Crippen LogP contribution in [0, 0.1) is 5.82 Å². The van der Waals surface area contributed by atoms with Crippen LogP contribution in [0.4, 0.5) is 4.39 Å². The molecular weight excluding hydrogens is 400 g/mol. The lowest BCUT2D eigenvalue weighted by Gasteiger charge is -2.14. The summed E-state index contributed by atoms with van der Waals surface area (Å²) in [6.07, 6.45) is 0. The minimum Gasteiger partial charge on any atom is -0.496 e. The summed E-state index contributed by atoms with van der Waals surface area (Å²) in [6, 6.07) is 17.7. The normalized spacial score (nSPS) is 10.7. The Morgan fingerprint density at radius 1 is 0.893 bits per heavy atom. The number of rotatable bonds is 8. The first-order valence-electron chi connectivity index (χ1n) is 8.75. The van der Waals surface area contributed by atoms with E-state index in [1.165, 1.54) is 6.07 Å². The molecule has 0 aromatic heterocycles. The molecule has 0 aliphatic heterocycles. The molecule has 3 aromatic carbocycles. The maximum absolute atomic E-state index is 14.0. The molecule has 0 saturated heterocycles. The van der Waals surface area contributed by atoms with Crippen LogP contribution in [0.5, 0.6) is 11.5 Å². The summed E-state index contributed by atoms with van der Waals surface area (Å²) >= 11 is 12.2. The van der Waals surface area contributed by atoms with Crippen LogP contribution >= 0.6 is 23.2 Å². The summed E-state index contributed by atoms with van der Waals surface area (Å²) in [6.45, 7) is 1.18. The van der Waals surface area contributed by atoms with Gasteiger partial charge >= 0.3 is 0 Å². The number of nitrogens with one attached hydrogen (secondary N) is 1. The van der Waals surface area contributed by atoms with Crippen molar-refractivity contribution in [2.75, 3.05) is 7.11 Å². The van der Waals surface area contributed by atoms with Crippen LogP contribution in [-0.4, -0.2) is 7.11 Å². The lowest BCUT2D eigenvalue weighted by atomic mass is 10.1. The van der Waals surface area contributed by atoms with Crippen LogP contribution in [0.3, 0.4) is 0 Å². The second-order valence-corrected chi connectivity index (χ2v) is 7.00. The van der Waals surface area contributed by atoms with E-state index in [1.807, 2.05) is 30.3 Å². The van der Waals surface area contributed by atoms with Crippen molar-refractivity contribution in [1.82, 2.24) is 5.32 Å². The summed E-state index contributed by atoms with van der Waals surface area (Å²) in [5.74, 6) is 1.06. The van der Waals surface area contributed by atoms with Gasteiger partial charge in [0.1, 0.15) is 23.9 Å². The largest absolute Gasteiger partial charge is 0.496 e. The van der Waals surface area contributed by atoms with Gasteiger partial charge in [-0.1, -0.05) is 47.5 Å². The van der Waals surface area contributed by atoms with E-state index in [2.05, 4.69) is 5.32 Å². The zero-order valence-corrected chi connectivity index (χ0v) is 16.9. The smallest absolute Gasteiger partial charge is 0.131 e. The summed E-state index contributed by atoms with van der Waals surface area (Å²) in [7, 11) is 1.65. The molecule has 0 amide bonds. The summed E-state index contributed by atoms with van der Waals surface area (Å²) in [5, 5.41) is 4.30. The zero-order valence-electron chi connectivity index (χ0n) is 15.3. The summed E-state index contributed by atoms with van der Waals surface area (Å²) in [4.78, 5) is 0. The van der Waals surface area contributed by atoms with Crippen LogP contribution in [0.25, 0.3) is 0 Å². The Balaban J connectivity index is 1.69. The number of halogens is 3. The van der Waals surface area contributed by atoms with Gasteiger partial charge in [0.15, 0.2) is 0 Å². The molecule has 0 heterocycles. The lowest BCUT2D eigenvalue weighted by molar-refractivity contribution is 0.296. The molecule has 0 bridgehead atoms. The molecule has 146 valence electrons. The zero-order chi connectivity index (χ0) is 19.9. The molecule has 3 rings (SSSR count). The minimum atomic E-state index is -0.391. The van der Waals surface area contributed by atoms with E-state index in [-0.39, 0.29) is 6.61 Å². The topological polar surface area (TPSA) is 30.5 Å². The van der Waals surface area contributed by atoms with Crippen molar-refractivity contribution < 1.29 is 13.9 Å². The summed E-state index contributed by atoms with van der Waals surface area (Å²) in [5.41, 5.74) is 2.24. The highest BCUT2D eigenvalue weighted by Gasteiger charge is 2.11. The van der Waals surface area contributed by atoms with Gasteiger partial charge in [-0.3, -0.25) is 0 Å². The third kappa shape index (κ3) is 5.16. The SMILES string of the molecule is COc1ccccc1CNCc1cc(Cl)ccc1OCc1c(F)cccc1Cl. The molecule has 0 saturated carbocycles. The molecule has 0 unspecified atom stereocenters. The molecule has 6 heteroatoms. The average molecular weight is 420 g/mol. The van der Waals surface area contributed by atoms with E-state index in [1.54, 1.807) is 31.4 Å². The van der Waals surface area contributed by atoms with Crippen LogP contribution in [0.15, 0.2) is 60.7 Å². The van der Waals surface area contributed by atoms with E-state index >= 15 is 0 Å². The highest BCUT2D eigenvalue weighted by Crippen LogP contribution is 2.26. The van der Waals surface area contributed by atoms with Gasteiger partial charge < -0.3 is 14.8 Å². The Hall–Kier alpha value is -2.27. The standard InChI is InChI=1S/C22H20Cl2FNO2/c1-27-21-8-3-2-5-15(21)12-26-13-16-11-17(23)9-10-22(16)28-14-18-19(24)6-4-7-20(18)25/h2-11,26H,12-14H2,1H3. The van der Waals surface area contributed by atoms with Gasteiger partial charge in [-0.05, 0) is 36.4 Å². The number of methoxy groups -OCH3 is 1. The molecule has 0 spiro atoms. The van der Waals surface area contributed by atoms with Crippen molar-refractivity contribution >= 4 is 23.2 Å². The lowest BCUT2D eigenvalue weighted by Crippen LogP contribution is -2.14. The molecule has 0 aliphatic carbocycles. The number of hydrogen-bond acceptors (Lipinski definition) is 3. The van der Waals surface area contributed by atoms with Crippen molar-refractivity contribution in [2.24, 2.45) is 0 Å². The van der Waals surface area contributed by atoms with Crippen molar-refractivity contribution in [3.8, 4) is 11.5 Å². The first kappa shape index (κ1) is 20.5. The van der Waals surface area contributed by atoms with Crippen molar-refractivity contribution in [1.29, 1.82) is 0 Å². The van der Waals surface area contributed by atoms with E-state index in [0.717, 1.165) is 16.9 Å².